The van der Waals surface area contributed by atoms with Crippen LogP contribution in [-0.4, -0.2) is 9.97 Å². The lowest BCUT2D eigenvalue weighted by atomic mass is 10.1. The fraction of sp³-hybridized carbons (Fsp3) is 0. The molecule has 0 aliphatic rings. The van der Waals surface area contributed by atoms with E-state index >= 15 is 0 Å². The summed E-state index contributed by atoms with van der Waals surface area (Å²) >= 11 is 0. The molecule has 0 fully saturated rings. The molecule has 0 saturated heterocycles. The summed E-state index contributed by atoms with van der Waals surface area (Å²) < 4.78 is 4.58. The molecule has 2 aromatic carbocycles. The number of hydrogen-bond acceptors (Lipinski definition) is 3. The molecule has 2 heterocycles. The third-order valence-corrected chi connectivity index (χ3v) is 2.79. The Labute approximate surface area is 110 Å². The lowest BCUT2D eigenvalue weighted by molar-refractivity contribution is 0.567. The fourth-order valence-corrected chi connectivity index (χ4v) is 1.93. The van der Waals surface area contributed by atoms with Gasteiger partial charge in [-0.1, -0.05) is 30.3 Å². The number of benzene rings is 2. The van der Waals surface area contributed by atoms with E-state index in [0.29, 0.717) is 0 Å². The molecule has 0 amide bonds. The highest BCUT2D eigenvalue weighted by Gasteiger charge is 1.99. The molecule has 0 aliphatic heterocycles. The molecule has 0 atom stereocenters. The molecular weight excluding hydrogens is 236 g/mol. The van der Waals surface area contributed by atoms with Gasteiger partial charge in [-0.05, 0) is 23.6 Å². The van der Waals surface area contributed by atoms with Crippen molar-refractivity contribution in [2.45, 2.75) is 0 Å². The van der Waals surface area contributed by atoms with Gasteiger partial charge in [0.1, 0.15) is 0 Å². The first-order valence-corrected chi connectivity index (χ1v) is 6.01. The third-order valence-electron chi connectivity index (χ3n) is 2.79. The number of rotatable bonds is 0. The zero-order valence-electron chi connectivity index (χ0n) is 10.2. The highest BCUT2D eigenvalue weighted by atomic mass is 16.3. The molecule has 4 rings (SSSR count). The van der Waals surface area contributed by atoms with Crippen molar-refractivity contribution in [1.82, 2.24) is 9.97 Å². The SMILES string of the molecule is c1ccc2c(c1)ccc1nccnc12.c1ccoc1. The Morgan fingerprint density at radius 1 is 0.737 bits per heavy atom. The van der Waals surface area contributed by atoms with Gasteiger partial charge in [0.15, 0.2) is 0 Å². The van der Waals surface area contributed by atoms with Gasteiger partial charge in [-0.3, -0.25) is 9.97 Å². The van der Waals surface area contributed by atoms with Crippen LogP contribution in [0, 0.1) is 0 Å². The van der Waals surface area contributed by atoms with Crippen molar-refractivity contribution >= 4 is 21.8 Å². The van der Waals surface area contributed by atoms with Crippen molar-refractivity contribution in [1.29, 1.82) is 0 Å². The van der Waals surface area contributed by atoms with Crippen LogP contribution in [0.15, 0.2) is 77.9 Å². The molecule has 2 aromatic heterocycles. The smallest absolute Gasteiger partial charge is 0.0965 e. The Bertz CT molecular complexity index is 707. The first kappa shape index (κ1) is 11.4. The largest absolute Gasteiger partial charge is 0.473 e. The standard InChI is InChI=1S/C12H8N2.C4H4O/c1-2-4-10-9(3-1)5-6-11-12(10)14-8-7-13-11;1-2-4-5-3-1/h1-8H;1-4H. The van der Waals surface area contributed by atoms with E-state index in [2.05, 4.69) is 32.6 Å². The Balaban J connectivity index is 0.000000187. The van der Waals surface area contributed by atoms with Gasteiger partial charge in [-0.25, -0.2) is 0 Å². The van der Waals surface area contributed by atoms with E-state index in [1.165, 1.54) is 5.39 Å². The highest BCUT2D eigenvalue weighted by molar-refractivity contribution is 6.03. The summed E-state index contributed by atoms with van der Waals surface area (Å²) in [6.07, 6.45) is 6.70. The van der Waals surface area contributed by atoms with Gasteiger partial charge in [-0.15, -0.1) is 0 Å². The maximum absolute atomic E-state index is 4.58. The molecule has 0 saturated carbocycles. The van der Waals surface area contributed by atoms with Gasteiger partial charge in [0.05, 0.1) is 23.6 Å². The van der Waals surface area contributed by atoms with Crippen LogP contribution in [0.3, 0.4) is 0 Å². The van der Waals surface area contributed by atoms with Gasteiger partial charge < -0.3 is 4.42 Å². The van der Waals surface area contributed by atoms with Crippen molar-refractivity contribution in [2.75, 3.05) is 0 Å². The van der Waals surface area contributed by atoms with E-state index in [1.807, 2.05) is 30.3 Å². The molecule has 3 nitrogen and oxygen atoms in total. The predicted octanol–water partition coefficient (Wildman–Crippen LogP) is 4.06. The molecule has 19 heavy (non-hydrogen) atoms. The lowest BCUT2D eigenvalue weighted by Crippen LogP contribution is -1.83. The minimum atomic E-state index is 0.950. The van der Waals surface area contributed by atoms with E-state index < -0.39 is 0 Å². The minimum Gasteiger partial charge on any atom is -0.473 e. The normalized spacial score (nSPS) is 10.1. The number of aromatic nitrogens is 2. The Hall–Kier alpha value is -2.68. The fourth-order valence-electron chi connectivity index (χ4n) is 1.93. The number of nitrogens with zero attached hydrogens (tertiary/aromatic N) is 2. The van der Waals surface area contributed by atoms with Gasteiger partial charge in [-0.2, -0.15) is 0 Å². The second-order valence-corrected chi connectivity index (χ2v) is 4.00. The van der Waals surface area contributed by atoms with Crippen LogP contribution in [0.25, 0.3) is 21.8 Å². The van der Waals surface area contributed by atoms with Crippen molar-refractivity contribution in [3.05, 3.63) is 73.5 Å². The van der Waals surface area contributed by atoms with Gasteiger partial charge in [0.2, 0.25) is 0 Å². The Morgan fingerprint density at radius 3 is 2.32 bits per heavy atom. The van der Waals surface area contributed by atoms with Crippen molar-refractivity contribution in [3.63, 3.8) is 0 Å². The Kier molecular flexibility index (Phi) is 3.19. The maximum atomic E-state index is 4.58. The first-order chi connectivity index (χ1) is 9.45. The van der Waals surface area contributed by atoms with E-state index in [4.69, 9.17) is 0 Å². The average Bonchev–Trinajstić information content (AvgIpc) is 3.07. The molecule has 0 N–H and O–H groups in total. The minimum absolute atomic E-state index is 0.950. The summed E-state index contributed by atoms with van der Waals surface area (Å²) in [7, 11) is 0. The van der Waals surface area contributed by atoms with Gasteiger partial charge >= 0.3 is 0 Å². The summed E-state index contributed by atoms with van der Waals surface area (Å²) in [6, 6.07) is 16.0. The maximum Gasteiger partial charge on any atom is 0.0965 e. The van der Waals surface area contributed by atoms with Crippen LogP contribution in [0.5, 0.6) is 0 Å². The number of furan rings is 1. The highest BCUT2D eigenvalue weighted by Crippen LogP contribution is 2.21. The quantitative estimate of drug-likeness (QED) is 0.440. The molecule has 4 aromatic rings. The van der Waals surface area contributed by atoms with Crippen LogP contribution in [0.2, 0.25) is 0 Å². The molecular formula is C16H12N2O. The van der Waals surface area contributed by atoms with Crippen LogP contribution >= 0.6 is 0 Å². The van der Waals surface area contributed by atoms with Crippen molar-refractivity contribution in [3.8, 4) is 0 Å². The van der Waals surface area contributed by atoms with E-state index in [1.54, 1.807) is 24.9 Å². The molecule has 92 valence electrons. The van der Waals surface area contributed by atoms with Crippen LogP contribution in [0.1, 0.15) is 0 Å². The molecule has 0 spiro atoms. The number of hydrogen-bond donors (Lipinski definition) is 0. The second-order valence-electron chi connectivity index (χ2n) is 4.00. The van der Waals surface area contributed by atoms with Gasteiger partial charge in [0.25, 0.3) is 0 Å². The summed E-state index contributed by atoms with van der Waals surface area (Å²) in [5.41, 5.74) is 1.93. The average molecular weight is 248 g/mol. The summed E-state index contributed by atoms with van der Waals surface area (Å²) in [5, 5.41) is 2.37. The monoisotopic (exact) mass is 248 g/mol. The van der Waals surface area contributed by atoms with Crippen LogP contribution in [-0.2, 0) is 0 Å². The van der Waals surface area contributed by atoms with E-state index in [9.17, 15) is 0 Å². The summed E-state index contributed by atoms with van der Waals surface area (Å²) in [5.74, 6) is 0. The van der Waals surface area contributed by atoms with Crippen LogP contribution in [0.4, 0.5) is 0 Å². The van der Waals surface area contributed by atoms with Crippen molar-refractivity contribution < 1.29 is 4.42 Å². The topological polar surface area (TPSA) is 38.9 Å². The molecule has 0 bridgehead atoms. The first-order valence-electron chi connectivity index (χ1n) is 6.01. The molecule has 3 heteroatoms. The molecule has 0 radical (unpaired) electrons. The van der Waals surface area contributed by atoms with Gasteiger partial charge in [0, 0.05) is 17.8 Å². The number of fused-ring (bicyclic) bond motifs is 3. The lowest BCUT2D eigenvalue weighted by Gasteiger charge is -2.00. The zero-order valence-corrected chi connectivity index (χ0v) is 10.2. The molecule has 0 unspecified atom stereocenters. The predicted molar refractivity (Wildman–Crippen MR) is 75.8 cm³/mol. The second kappa shape index (κ2) is 5.31. The third kappa shape index (κ3) is 2.45. The summed E-state index contributed by atoms with van der Waals surface area (Å²) in [6.45, 7) is 0. The van der Waals surface area contributed by atoms with Crippen molar-refractivity contribution in [2.24, 2.45) is 0 Å². The zero-order chi connectivity index (χ0) is 12.9. The van der Waals surface area contributed by atoms with E-state index in [0.717, 1.165) is 16.4 Å². The molecule has 0 aliphatic carbocycles. The van der Waals surface area contributed by atoms with E-state index in [-0.39, 0.29) is 0 Å². The van der Waals surface area contributed by atoms with Crippen LogP contribution < -0.4 is 0 Å². The Morgan fingerprint density at radius 2 is 1.53 bits per heavy atom. The summed E-state index contributed by atoms with van der Waals surface area (Å²) in [4.78, 5) is 8.62.